The standard InChI is InChI=1S/C25H30FN3O4S/c1-6-27-34(31,32)20-11-9-8-10-19(20)23-22(17-12-14-18(26)15-13-17)24(28-29(23)7-2)33-16-21(30)25(3,4)5/h8-15,27H,6-7,16H2,1-5H3. The molecule has 0 aliphatic heterocycles. The number of rotatable bonds is 9. The molecule has 0 saturated carbocycles. The lowest BCUT2D eigenvalue weighted by Crippen LogP contribution is -2.26. The van der Waals surface area contributed by atoms with Crippen molar-refractivity contribution in [3.05, 3.63) is 54.3 Å². The number of benzene rings is 2. The van der Waals surface area contributed by atoms with Crippen LogP contribution in [-0.2, 0) is 21.4 Å². The van der Waals surface area contributed by atoms with Crippen molar-refractivity contribution in [3.63, 3.8) is 0 Å². The lowest BCUT2D eigenvalue weighted by atomic mass is 9.91. The number of carbonyl (C=O) groups is 1. The maximum atomic E-state index is 13.7. The number of nitrogens with zero attached hydrogens (tertiary/aromatic N) is 2. The fourth-order valence-electron chi connectivity index (χ4n) is 3.44. The molecule has 0 aliphatic rings. The number of hydrogen-bond donors (Lipinski definition) is 1. The summed E-state index contributed by atoms with van der Waals surface area (Å²) >= 11 is 0. The first-order valence-corrected chi connectivity index (χ1v) is 12.6. The van der Waals surface area contributed by atoms with Gasteiger partial charge in [0.15, 0.2) is 5.78 Å². The smallest absolute Gasteiger partial charge is 0.241 e. The highest BCUT2D eigenvalue weighted by Crippen LogP contribution is 2.41. The number of halogens is 1. The van der Waals surface area contributed by atoms with Crippen LogP contribution < -0.4 is 9.46 Å². The number of sulfonamides is 1. The van der Waals surface area contributed by atoms with E-state index in [4.69, 9.17) is 4.74 Å². The molecule has 34 heavy (non-hydrogen) atoms. The van der Waals surface area contributed by atoms with Crippen LogP contribution in [0.15, 0.2) is 53.4 Å². The fraction of sp³-hybridized carbons (Fsp3) is 0.360. The number of Topliss-reactive ketones (excluding diaryl/α,β-unsaturated/α-hetero) is 1. The second-order valence-electron chi connectivity index (χ2n) is 8.81. The fourth-order valence-corrected chi connectivity index (χ4v) is 4.68. The summed E-state index contributed by atoms with van der Waals surface area (Å²) < 4.78 is 49.7. The summed E-state index contributed by atoms with van der Waals surface area (Å²) in [5.74, 6) is -0.342. The van der Waals surface area contributed by atoms with E-state index in [1.165, 1.54) is 18.2 Å². The number of ether oxygens (including phenoxy) is 1. The van der Waals surface area contributed by atoms with E-state index in [1.54, 1.807) is 62.7 Å². The molecule has 0 radical (unpaired) electrons. The van der Waals surface area contributed by atoms with Crippen molar-refractivity contribution in [2.45, 2.75) is 46.1 Å². The van der Waals surface area contributed by atoms with Crippen LogP contribution in [0.3, 0.4) is 0 Å². The van der Waals surface area contributed by atoms with Gasteiger partial charge in [0.25, 0.3) is 0 Å². The number of aryl methyl sites for hydroxylation is 1. The van der Waals surface area contributed by atoms with Crippen LogP contribution in [-0.4, -0.2) is 37.1 Å². The Morgan fingerprint density at radius 2 is 1.74 bits per heavy atom. The molecule has 0 unspecified atom stereocenters. The third-order valence-corrected chi connectivity index (χ3v) is 6.90. The van der Waals surface area contributed by atoms with Gasteiger partial charge in [-0.2, -0.15) is 0 Å². The summed E-state index contributed by atoms with van der Waals surface area (Å²) in [4.78, 5) is 12.6. The second-order valence-corrected chi connectivity index (χ2v) is 10.5. The zero-order valence-corrected chi connectivity index (χ0v) is 20.9. The van der Waals surface area contributed by atoms with Gasteiger partial charge in [-0.05, 0) is 30.7 Å². The van der Waals surface area contributed by atoms with Crippen LogP contribution in [0.1, 0.15) is 34.6 Å². The summed E-state index contributed by atoms with van der Waals surface area (Å²) in [6.07, 6.45) is 0. The molecule has 2 aromatic carbocycles. The molecule has 0 bridgehead atoms. The van der Waals surface area contributed by atoms with E-state index in [2.05, 4.69) is 9.82 Å². The van der Waals surface area contributed by atoms with E-state index >= 15 is 0 Å². The maximum Gasteiger partial charge on any atom is 0.241 e. The molecular weight excluding hydrogens is 457 g/mol. The number of carbonyl (C=O) groups excluding carboxylic acids is 1. The summed E-state index contributed by atoms with van der Waals surface area (Å²) in [6.45, 7) is 9.43. The van der Waals surface area contributed by atoms with Crippen molar-refractivity contribution in [2.75, 3.05) is 13.2 Å². The predicted molar refractivity (Wildman–Crippen MR) is 130 cm³/mol. The van der Waals surface area contributed by atoms with E-state index in [9.17, 15) is 17.6 Å². The SMILES string of the molecule is CCNS(=O)(=O)c1ccccc1-c1c(-c2ccc(F)cc2)c(OCC(=O)C(C)(C)C)nn1CC. The Labute approximate surface area is 200 Å². The quantitative estimate of drug-likeness (QED) is 0.474. The van der Waals surface area contributed by atoms with E-state index in [0.29, 0.717) is 28.9 Å². The Hall–Kier alpha value is -3.04. The highest BCUT2D eigenvalue weighted by Gasteiger charge is 2.28. The van der Waals surface area contributed by atoms with Gasteiger partial charge in [0.2, 0.25) is 15.9 Å². The van der Waals surface area contributed by atoms with Crippen LogP contribution >= 0.6 is 0 Å². The molecule has 3 rings (SSSR count). The van der Waals surface area contributed by atoms with Gasteiger partial charge in [0.1, 0.15) is 12.4 Å². The van der Waals surface area contributed by atoms with E-state index < -0.39 is 21.3 Å². The van der Waals surface area contributed by atoms with Crippen LogP contribution in [0.25, 0.3) is 22.4 Å². The second kappa shape index (κ2) is 10.1. The largest absolute Gasteiger partial charge is 0.468 e. The minimum absolute atomic E-state index is 0.0899. The average molecular weight is 488 g/mol. The third kappa shape index (κ3) is 5.37. The number of aromatic nitrogens is 2. The highest BCUT2D eigenvalue weighted by molar-refractivity contribution is 7.89. The Morgan fingerprint density at radius 3 is 2.32 bits per heavy atom. The first kappa shape index (κ1) is 25.6. The molecule has 9 heteroatoms. The molecule has 0 saturated heterocycles. The molecule has 0 aliphatic carbocycles. The van der Waals surface area contributed by atoms with Crippen LogP contribution in [0.2, 0.25) is 0 Å². The number of hydrogen-bond acceptors (Lipinski definition) is 5. The van der Waals surface area contributed by atoms with Gasteiger partial charge in [-0.3, -0.25) is 9.48 Å². The van der Waals surface area contributed by atoms with Crippen LogP contribution in [0.4, 0.5) is 4.39 Å². The van der Waals surface area contributed by atoms with Crippen LogP contribution in [0, 0.1) is 11.2 Å². The zero-order valence-electron chi connectivity index (χ0n) is 20.1. The average Bonchev–Trinajstić information content (AvgIpc) is 3.15. The molecule has 3 aromatic rings. The molecule has 1 heterocycles. The summed E-state index contributed by atoms with van der Waals surface area (Å²) in [6, 6.07) is 12.4. The van der Waals surface area contributed by atoms with Gasteiger partial charge in [-0.15, -0.1) is 5.10 Å². The molecular formula is C25H30FN3O4S. The van der Waals surface area contributed by atoms with Crippen molar-refractivity contribution >= 4 is 15.8 Å². The summed E-state index contributed by atoms with van der Waals surface area (Å²) in [5.41, 5.74) is 1.41. The monoisotopic (exact) mass is 487 g/mol. The van der Waals surface area contributed by atoms with Gasteiger partial charge < -0.3 is 4.74 Å². The topological polar surface area (TPSA) is 90.3 Å². The Bertz CT molecular complexity index is 1280. The Morgan fingerprint density at radius 1 is 1.09 bits per heavy atom. The van der Waals surface area contributed by atoms with E-state index in [0.717, 1.165) is 0 Å². The van der Waals surface area contributed by atoms with Crippen LogP contribution in [0.5, 0.6) is 5.88 Å². The first-order valence-electron chi connectivity index (χ1n) is 11.1. The predicted octanol–water partition coefficient (Wildman–Crippen LogP) is 4.67. The first-order chi connectivity index (χ1) is 16.0. The number of nitrogens with one attached hydrogen (secondary N) is 1. The van der Waals surface area contributed by atoms with Gasteiger partial charge in [-0.1, -0.05) is 58.0 Å². The Balaban J connectivity index is 2.27. The third-order valence-electron chi connectivity index (χ3n) is 5.30. The summed E-state index contributed by atoms with van der Waals surface area (Å²) in [7, 11) is -3.80. The van der Waals surface area contributed by atoms with Gasteiger partial charge in [-0.25, -0.2) is 17.5 Å². The Kier molecular flexibility index (Phi) is 7.57. The van der Waals surface area contributed by atoms with Crippen molar-refractivity contribution in [3.8, 4) is 28.3 Å². The van der Waals surface area contributed by atoms with Gasteiger partial charge in [0.05, 0.1) is 16.2 Å². The molecule has 0 fully saturated rings. The summed E-state index contributed by atoms with van der Waals surface area (Å²) in [5, 5.41) is 4.56. The van der Waals surface area contributed by atoms with E-state index in [-0.39, 0.29) is 29.7 Å². The molecule has 7 nitrogen and oxygen atoms in total. The van der Waals surface area contributed by atoms with Gasteiger partial charge >= 0.3 is 0 Å². The normalized spacial score (nSPS) is 12.1. The lowest BCUT2D eigenvalue weighted by molar-refractivity contribution is -0.128. The van der Waals surface area contributed by atoms with Crippen molar-refractivity contribution in [1.82, 2.24) is 14.5 Å². The highest BCUT2D eigenvalue weighted by atomic mass is 32.2. The molecule has 182 valence electrons. The maximum absolute atomic E-state index is 13.7. The molecule has 0 atom stereocenters. The molecule has 0 amide bonds. The lowest BCUT2D eigenvalue weighted by Gasteiger charge is -2.16. The van der Waals surface area contributed by atoms with Crippen molar-refractivity contribution in [1.29, 1.82) is 0 Å². The van der Waals surface area contributed by atoms with Crippen molar-refractivity contribution in [2.24, 2.45) is 5.41 Å². The number of ketones is 1. The minimum atomic E-state index is -3.80. The molecule has 0 spiro atoms. The van der Waals surface area contributed by atoms with Gasteiger partial charge in [0, 0.05) is 24.1 Å². The zero-order chi connectivity index (χ0) is 25.1. The molecule has 1 N–H and O–H groups in total. The molecule has 1 aromatic heterocycles. The van der Waals surface area contributed by atoms with Crippen molar-refractivity contribution < 1.29 is 22.3 Å². The van der Waals surface area contributed by atoms with E-state index in [1.807, 2.05) is 6.92 Å². The minimum Gasteiger partial charge on any atom is -0.468 e.